The Morgan fingerprint density at radius 3 is 2.57 bits per heavy atom. The predicted molar refractivity (Wildman–Crippen MR) is 84.2 cm³/mol. The molecule has 1 aromatic carbocycles. The molecule has 0 spiro atoms. The van der Waals surface area contributed by atoms with E-state index in [1.54, 1.807) is 0 Å². The van der Waals surface area contributed by atoms with Crippen molar-refractivity contribution in [3.63, 3.8) is 0 Å². The lowest BCUT2D eigenvalue weighted by Crippen LogP contribution is -2.47. The van der Waals surface area contributed by atoms with Gasteiger partial charge in [-0.15, -0.1) is 0 Å². The Morgan fingerprint density at radius 1 is 1.05 bits per heavy atom. The second-order valence-corrected chi connectivity index (χ2v) is 5.76. The minimum atomic E-state index is 0.209. The largest absolute Gasteiger partial charge is 0.342 e. The van der Waals surface area contributed by atoms with Gasteiger partial charge in [-0.1, -0.05) is 30.3 Å². The van der Waals surface area contributed by atoms with Crippen molar-refractivity contribution in [1.82, 2.24) is 9.80 Å². The van der Waals surface area contributed by atoms with Crippen LogP contribution >= 0.6 is 0 Å². The van der Waals surface area contributed by atoms with E-state index in [9.17, 15) is 4.79 Å². The van der Waals surface area contributed by atoms with Gasteiger partial charge in [0.25, 0.3) is 0 Å². The number of piperidine rings is 1. The molecule has 3 rings (SSSR count). The Hall–Kier alpha value is -1.84. The van der Waals surface area contributed by atoms with Gasteiger partial charge in [-0.25, -0.2) is 0 Å². The van der Waals surface area contributed by atoms with Gasteiger partial charge in [0, 0.05) is 26.1 Å². The maximum Gasteiger partial charge on any atom is 0.229 e. The zero-order chi connectivity index (χ0) is 14.5. The van der Waals surface area contributed by atoms with Crippen molar-refractivity contribution >= 4 is 11.9 Å². The Bertz CT molecular complexity index is 506. The first-order valence-corrected chi connectivity index (χ1v) is 7.98. The van der Waals surface area contributed by atoms with Gasteiger partial charge in [-0.3, -0.25) is 14.7 Å². The molecule has 0 aliphatic carbocycles. The highest BCUT2D eigenvalue weighted by molar-refractivity contribution is 5.98. The van der Waals surface area contributed by atoms with Crippen LogP contribution in [0.3, 0.4) is 0 Å². The normalized spacial score (nSPS) is 18.8. The number of aryl methyl sites for hydroxylation is 1. The summed E-state index contributed by atoms with van der Waals surface area (Å²) >= 11 is 0. The predicted octanol–water partition coefficient (Wildman–Crippen LogP) is 2.30. The number of hydrogen-bond acceptors (Lipinski definition) is 3. The van der Waals surface area contributed by atoms with Crippen molar-refractivity contribution in [3.05, 3.63) is 35.9 Å². The quantitative estimate of drug-likeness (QED) is 0.854. The highest BCUT2D eigenvalue weighted by atomic mass is 16.2. The Kier molecular flexibility index (Phi) is 4.53. The molecule has 2 heterocycles. The maximum atomic E-state index is 12.5. The zero-order valence-electron chi connectivity index (χ0n) is 12.5. The third kappa shape index (κ3) is 3.43. The van der Waals surface area contributed by atoms with Crippen molar-refractivity contribution in [2.45, 2.75) is 32.1 Å². The molecular weight excluding hydrogens is 262 g/mol. The first-order valence-electron chi connectivity index (χ1n) is 7.98. The summed E-state index contributed by atoms with van der Waals surface area (Å²) < 4.78 is 0. The lowest BCUT2D eigenvalue weighted by molar-refractivity contribution is -0.127. The molecule has 0 unspecified atom stereocenters. The van der Waals surface area contributed by atoms with Crippen molar-refractivity contribution in [1.29, 1.82) is 0 Å². The van der Waals surface area contributed by atoms with Gasteiger partial charge in [0.2, 0.25) is 11.9 Å². The molecule has 2 aliphatic heterocycles. The monoisotopic (exact) mass is 285 g/mol. The van der Waals surface area contributed by atoms with Gasteiger partial charge in [0.1, 0.15) is 0 Å². The van der Waals surface area contributed by atoms with Crippen molar-refractivity contribution in [3.8, 4) is 0 Å². The zero-order valence-corrected chi connectivity index (χ0v) is 12.5. The van der Waals surface area contributed by atoms with Crippen LogP contribution in [0.15, 0.2) is 35.3 Å². The molecule has 2 aliphatic rings. The molecule has 0 N–H and O–H groups in total. The summed E-state index contributed by atoms with van der Waals surface area (Å²) in [6.45, 7) is 3.59. The number of amides is 1. The van der Waals surface area contributed by atoms with E-state index in [1.165, 1.54) is 24.8 Å². The number of rotatable bonds is 3. The molecule has 1 saturated heterocycles. The molecule has 0 saturated carbocycles. The summed E-state index contributed by atoms with van der Waals surface area (Å²) in [7, 11) is 0. The number of hydrogen-bond donors (Lipinski definition) is 0. The van der Waals surface area contributed by atoms with Crippen LogP contribution in [-0.4, -0.2) is 47.8 Å². The van der Waals surface area contributed by atoms with Gasteiger partial charge < -0.3 is 4.90 Å². The average Bonchev–Trinajstić information content (AvgIpc) is 3.04. The van der Waals surface area contributed by atoms with Gasteiger partial charge >= 0.3 is 0 Å². The van der Waals surface area contributed by atoms with Crippen molar-refractivity contribution in [2.75, 3.05) is 26.2 Å². The minimum Gasteiger partial charge on any atom is -0.342 e. The molecule has 21 heavy (non-hydrogen) atoms. The van der Waals surface area contributed by atoms with Crippen LogP contribution in [-0.2, 0) is 11.2 Å². The van der Waals surface area contributed by atoms with Crippen LogP contribution in [0.4, 0.5) is 0 Å². The molecule has 0 radical (unpaired) electrons. The number of benzene rings is 1. The Balaban J connectivity index is 1.57. The number of likely N-dealkylation sites (tertiary alicyclic amines) is 1. The standard InChI is InChI=1S/C17H23N3O/c21-16(10-9-15-7-3-1-4-8-15)20-14-11-18-17(20)19-12-5-2-6-13-19/h1,3-4,7-8H,2,5-6,9-14H2. The topological polar surface area (TPSA) is 35.9 Å². The lowest BCUT2D eigenvalue weighted by atomic mass is 10.1. The number of carbonyl (C=O) groups excluding carboxylic acids is 1. The Morgan fingerprint density at radius 2 is 1.81 bits per heavy atom. The van der Waals surface area contributed by atoms with Gasteiger partial charge in [-0.2, -0.15) is 0 Å². The SMILES string of the molecule is O=C(CCc1ccccc1)N1CCN=C1N1CCCCC1. The summed E-state index contributed by atoms with van der Waals surface area (Å²) in [4.78, 5) is 21.2. The third-order valence-corrected chi connectivity index (χ3v) is 4.23. The van der Waals surface area contributed by atoms with Crippen LogP contribution in [0, 0.1) is 0 Å². The first-order chi connectivity index (χ1) is 10.3. The summed E-state index contributed by atoms with van der Waals surface area (Å²) in [5.41, 5.74) is 1.22. The third-order valence-electron chi connectivity index (χ3n) is 4.23. The van der Waals surface area contributed by atoms with E-state index in [1.807, 2.05) is 23.1 Å². The molecule has 1 amide bonds. The fraction of sp³-hybridized carbons (Fsp3) is 0.529. The number of aliphatic imine (C=N–C) groups is 1. The van der Waals surface area contributed by atoms with E-state index < -0.39 is 0 Å². The van der Waals surface area contributed by atoms with E-state index in [2.05, 4.69) is 22.0 Å². The van der Waals surface area contributed by atoms with Crippen LogP contribution in [0.2, 0.25) is 0 Å². The highest BCUT2D eigenvalue weighted by Gasteiger charge is 2.28. The van der Waals surface area contributed by atoms with Crippen molar-refractivity contribution < 1.29 is 4.79 Å². The van der Waals surface area contributed by atoms with E-state index >= 15 is 0 Å². The maximum absolute atomic E-state index is 12.5. The summed E-state index contributed by atoms with van der Waals surface area (Å²) in [5, 5.41) is 0. The molecule has 1 aromatic rings. The summed E-state index contributed by atoms with van der Waals surface area (Å²) in [6.07, 6.45) is 5.10. The highest BCUT2D eigenvalue weighted by Crippen LogP contribution is 2.16. The molecule has 4 nitrogen and oxygen atoms in total. The van der Waals surface area contributed by atoms with Gasteiger partial charge in [0.05, 0.1) is 6.54 Å². The summed E-state index contributed by atoms with van der Waals surface area (Å²) in [5.74, 6) is 1.13. The van der Waals surface area contributed by atoms with Crippen LogP contribution in [0.25, 0.3) is 0 Å². The lowest BCUT2D eigenvalue weighted by Gasteiger charge is -2.32. The number of carbonyl (C=O) groups is 1. The fourth-order valence-electron chi connectivity index (χ4n) is 3.07. The number of guanidine groups is 1. The van der Waals surface area contributed by atoms with E-state index in [4.69, 9.17) is 0 Å². The second kappa shape index (κ2) is 6.74. The van der Waals surface area contributed by atoms with Crippen molar-refractivity contribution in [2.24, 2.45) is 4.99 Å². The smallest absolute Gasteiger partial charge is 0.229 e. The molecule has 0 aromatic heterocycles. The summed E-state index contributed by atoms with van der Waals surface area (Å²) in [6, 6.07) is 10.2. The van der Waals surface area contributed by atoms with E-state index in [0.717, 1.165) is 38.6 Å². The van der Waals surface area contributed by atoms with Crippen LogP contribution in [0.1, 0.15) is 31.2 Å². The van der Waals surface area contributed by atoms with E-state index in [0.29, 0.717) is 6.42 Å². The first kappa shape index (κ1) is 14.1. The minimum absolute atomic E-state index is 0.209. The van der Waals surface area contributed by atoms with E-state index in [-0.39, 0.29) is 5.91 Å². The van der Waals surface area contributed by atoms with Gasteiger partial charge in [-0.05, 0) is 31.2 Å². The fourth-order valence-corrected chi connectivity index (χ4v) is 3.07. The molecule has 0 atom stereocenters. The van der Waals surface area contributed by atoms with Crippen LogP contribution < -0.4 is 0 Å². The molecular formula is C17H23N3O. The van der Waals surface area contributed by atoms with Gasteiger partial charge in [0.15, 0.2) is 0 Å². The molecule has 0 bridgehead atoms. The molecule has 1 fully saturated rings. The number of nitrogens with zero attached hydrogens (tertiary/aromatic N) is 3. The Labute approximate surface area is 126 Å². The van der Waals surface area contributed by atoms with Crippen LogP contribution in [0.5, 0.6) is 0 Å². The average molecular weight is 285 g/mol. The molecule has 112 valence electrons. The molecule has 4 heteroatoms. The second-order valence-electron chi connectivity index (χ2n) is 5.76.